The van der Waals surface area contributed by atoms with Gasteiger partial charge in [0.2, 0.25) is 0 Å². The van der Waals surface area contributed by atoms with E-state index in [0.29, 0.717) is 11.4 Å². The van der Waals surface area contributed by atoms with Gasteiger partial charge in [-0.25, -0.2) is 4.98 Å². The van der Waals surface area contributed by atoms with Crippen LogP contribution in [0.1, 0.15) is 13.3 Å². The lowest BCUT2D eigenvalue weighted by Gasteiger charge is -2.25. The van der Waals surface area contributed by atoms with Crippen LogP contribution in [0.2, 0.25) is 0 Å². The number of anilines is 1. The van der Waals surface area contributed by atoms with Gasteiger partial charge >= 0.3 is 0 Å². The zero-order valence-corrected chi connectivity index (χ0v) is 11.2. The first kappa shape index (κ1) is 12.4. The van der Waals surface area contributed by atoms with E-state index in [-0.39, 0.29) is 6.04 Å². The summed E-state index contributed by atoms with van der Waals surface area (Å²) >= 11 is 8.24. The molecule has 82 valence electrons. The van der Waals surface area contributed by atoms with Gasteiger partial charge in [0, 0.05) is 30.2 Å². The fourth-order valence-electron chi connectivity index (χ4n) is 1.23. The highest BCUT2D eigenvalue weighted by molar-refractivity contribution is 9.10. The van der Waals surface area contributed by atoms with Gasteiger partial charge in [0.25, 0.3) is 0 Å². The van der Waals surface area contributed by atoms with Gasteiger partial charge in [-0.15, -0.1) is 0 Å². The molecule has 0 aromatic carbocycles. The Morgan fingerprint density at radius 1 is 1.67 bits per heavy atom. The van der Waals surface area contributed by atoms with Crippen molar-refractivity contribution >= 4 is 39.0 Å². The van der Waals surface area contributed by atoms with Crippen LogP contribution in [-0.4, -0.2) is 23.1 Å². The van der Waals surface area contributed by atoms with Gasteiger partial charge in [0.15, 0.2) is 0 Å². The number of thiocarbonyl (C=S) groups is 1. The number of rotatable bonds is 4. The van der Waals surface area contributed by atoms with Crippen molar-refractivity contribution in [2.75, 3.05) is 11.9 Å². The second-order valence-corrected chi connectivity index (χ2v) is 4.91. The van der Waals surface area contributed by atoms with Crippen molar-refractivity contribution in [1.29, 1.82) is 0 Å². The van der Waals surface area contributed by atoms with Gasteiger partial charge in [0.1, 0.15) is 5.82 Å². The van der Waals surface area contributed by atoms with Crippen LogP contribution in [0.3, 0.4) is 0 Å². The van der Waals surface area contributed by atoms with Crippen LogP contribution in [0.15, 0.2) is 22.8 Å². The molecule has 1 aromatic heterocycles. The smallest absolute Gasteiger partial charge is 0.128 e. The van der Waals surface area contributed by atoms with Crippen LogP contribution in [0.4, 0.5) is 5.82 Å². The Labute approximate surface area is 104 Å². The molecule has 0 amide bonds. The molecule has 1 atom stereocenters. The molecule has 0 saturated carbocycles. The van der Waals surface area contributed by atoms with Gasteiger partial charge in [-0.2, -0.15) is 0 Å². The Bertz CT molecular complexity index is 339. The van der Waals surface area contributed by atoms with Gasteiger partial charge in [-0.1, -0.05) is 12.2 Å². The van der Waals surface area contributed by atoms with E-state index in [1.54, 1.807) is 6.20 Å². The third-order valence-corrected chi connectivity index (χ3v) is 2.87. The molecule has 0 bridgehead atoms. The maximum atomic E-state index is 5.51. The monoisotopic (exact) mass is 287 g/mol. The maximum absolute atomic E-state index is 5.51. The minimum Gasteiger partial charge on any atom is -0.393 e. The molecule has 1 rings (SSSR count). The second kappa shape index (κ2) is 5.42. The highest BCUT2D eigenvalue weighted by Gasteiger charge is 2.11. The minimum absolute atomic E-state index is 0.260. The lowest BCUT2D eigenvalue weighted by Crippen LogP contribution is -2.32. The Balaban J connectivity index is 2.71. The number of hydrogen-bond donors (Lipinski definition) is 1. The zero-order valence-electron chi connectivity index (χ0n) is 8.77. The zero-order chi connectivity index (χ0) is 11.4. The number of hydrogen-bond acceptors (Lipinski definition) is 3. The van der Waals surface area contributed by atoms with E-state index in [0.717, 1.165) is 10.3 Å². The van der Waals surface area contributed by atoms with Gasteiger partial charge in [-0.3, -0.25) is 0 Å². The molecule has 0 aliphatic rings. The van der Waals surface area contributed by atoms with E-state index in [4.69, 9.17) is 18.0 Å². The molecule has 1 aromatic rings. The molecule has 0 spiro atoms. The Morgan fingerprint density at radius 3 is 2.80 bits per heavy atom. The summed E-state index contributed by atoms with van der Waals surface area (Å²) in [5, 5.41) is 0. The van der Waals surface area contributed by atoms with Gasteiger partial charge in [-0.05, 0) is 35.0 Å². The number of nitrogens with zero attached hydrogens (tertiary/aromatic N) is 2. The summed E-state index contributed by atoms with van der Waals surface area (Å²) in [6.07, 6.45) is 2.48. The number of aromatic nitrogens is 1. The van der Waals surface area contributed by atoms with Crippen LogP contribution >= 0.6 is 28.1 Å². The van der Waals surface area contributed by atoms with Gasteiger partial charge < -0.3 is 10.6 Å². The summed E-state index contributed by atoms with van der Waals surface area (Å²) in [5.74, 6) is 0.918. The summed E-state index contributed by atoms with van der Waals surface area (Å²) in [6.45, 7) is 2.07. The Morgan fingerprint density at radius 2 is 2.33 bits per heavy atom. The minimum atomic E-state index is 0.260. The van der Waals surface area contributed by atoms with Crippen molar-refractivity contribution in [1.82, 2.24) is 4.98 Å². The van der Waals surface area contributed by atoms with Crippen LogP contribution in [0.5, 0.6) is 0 Å². The summed E-state index contributed by atoms with van der Waals surface area (Å²) < 4.78 is 0.974. The van der Waals surface area contributed by atoms with Crippen LogP contribution in [-0.2, 0) is 0 Å². The van der Waals surface area contributed by atoms with E-state index in [1.165, 1.54) is 0 Å². The molecule has 2 N–H and O–H groups in total. The standard InChI is InChI=1S/C10H14BrN3S/c1-7(5-9(12)15)14(2)10-4-3-8(11)6-13-10/h3-4,6-7H,5H2,1-2H3,(H2,12,15). The molecule has 0 fully saturated rings. The topological polar surface area (TPSA) is 42.1 Å². The van der Waals surface area contributed by atoms with E-state index < -0.39 is 0 Å². The van der Waals surface area contributed by atoms with E-state index in [9.17, 15) is 0 Å². The van der Waals surface area contributed by atoms with Gasteiger partial charge in [0.05, 0.1) is 4.99 Å². The van der Waals surface area contributed by atoms with Crippen molar-refractivity contribution in [2.24, 2.45) is 5.73 Å². The van der Waals surface area contributed by atoms with Crippen molar-refractivity contribution in [2.45, 2.75) is 19.4 Å². The van der Waals surface area contributed by atoms with Crippen LogP contribution < -0.4 is 10.6 Å². The van der Waals surface area contributed by atoms with Crippen molar-refractivity contribution in [3.05, 3.63) is 22.8 Å². The molecule has 15 heavy (non-hydrogen) atoms. The van der Waals surface area contributed by atoms with Crippen molar-refractivity contribution in [3.63, 3.8) is 0 Å². The molecule has 0 aliphatic carbocycles. The molecule has 1 heterocycles. The molecule has 0 aliphatic heterocycles. The Hall–Kier alpha value is -0.680. The molecular weight excluding hydrogens is 274 g/mol. The lowest BCUT2D eigenvalue weighted by atomic mass is 10.2. The lowest BCUT2D eigenvalue weighted by molar-refractivity contribution is 0.705. The second-order valence-electron chi connectivity index (χ2n) is 3.46. The summed E-state index contributed by atoms with van der Waals surface area (Å²) in [4.78, 5) is 6.90. The van der Waals surface area contributed by atoms with E-state index in [1.807, 2.05) is 19.2 Å². The molecule has 0 radical (unpaired) electrons. The number of nitrogens with two attached hydrogens (primary N) is 1. The summed E-state index contributed by atoms with van der Waals surface area (Å²) in [5.41, 5.74) is 5.51. The predicted octanol–water partition coefficient (Wildman–Crippen LogP) is 2.35. The molecule has 5 heteroatoms. The van der Waals surface area contributed by atoms with Crippen molar-refractivity contribution < 1.29 is 0 Å². The largest absolute Gasteiger partial charge is 0.393 e. The quantitative estimate of drug-likeness (QED) is 0.864. The predicted molar refractivity (Wildman–Crippen MR) is 71.2 cm³/mol. The average molecular weight is 288 g/mol. The molecular formula is C10H14BrN3S. The highest BCUT2D eigenvalue weighted by Crippen LogP contribution is 2.16. The van der Waals surface area contributed by atoms with Crippen molar-refractivity contribution in [3.8, 4) is 0 Å². The third-order valence-electron chi connectivity index (χ3n) is 2.23. The highest BCUT2D eigenvalue weighted by atomic mass is 79.9. The third kappa shape index (κ3) is 3.76. The van der Waals surface area contributed by atoms with E-state index >= 15 is 0 Å². The first-order valence-corrected chi connectivity index (χ1v) is 5.83. The molecule has 3 nitrogen and oxygen atoms in total. The van der Waals surface area contributed by atoms with E-state index in [2.05, 4.69) is 32.7 Å². The average Bonchev–Trinajstić information content (AvgIpc) is 2.17. The van der Waals surface area contributed by atoms with Crippen LogP contribution in [0, 0.1) is 0 Å². The summed E-state index contributed by atoms with van der Waals surface area (Å²) in [6, 6.07) is 4.18. The fraction of sp³-hybridized carbons (Fsp3) is 0.400. The first-order chi connectivity index (χ1) is 7.00. The Kier molecular flexibility index (Phi) is 4.47. The SMILES string of the molecule is CC(CC(N)=S)N(C)c1ccc(Br)cn1. The number of halogens is 1. The fourth-order valence-corrected chi connectivity index (χ4v) is 1.71. The maximum Gasteiger partial charge on any atom is 0.128 e. The summed E-state index contributed by atoms with van der Waals surface area (Å²) in [7, 11) is 1.99. The van der Waals surface area contributed by atoms with Crippen LogP contribution in [0.25, 0.3) is 0 Å². The number of pyridine rings is 1. The first-order valence-electron chi connectivity index (χ1n) is 4.63. The molecule has 1 unspecified atom stereocenters. The normalized spacial score (nSPS) is 12.2. The molecule has 0 saturated heterocycles.